The fourth-order valence-corrected chi connectivity index (χ4v) is 2.34. The van der Waals surface area contributed by atoms with Crippen LogP contribution >= 0.6 is 11.8 Å². The van der Waals surface area contributed by atoms with Crippen LogP contribution in [0.2, 0.25) is 0 Å². The lowest BCUT2D eigenvalue weighted by molar-refractivity contribution is -0.133. The molecule has 0 unspecified atom stereocenters. The van der Waals surface area contributed by atoms with Crippen LogP contribution in [-0.2, 0) is 9.59 Å². The van der Waals surface area contributed by atoms with Crippen molar-refractivity contribution in [2.45, 2.75) is 0 Å². The van der Waals surface area contributed by atoms with Crippen molar-refractivity contribution in [3.63, 3.8) is 0 Å². The van der Waals surface area contributed by atoms with E-state index in [0.29, 0.717) is 5.69 Å². The molecule has 0 bridgehead atoms. The summed E-state index contributed by atoms with van der Waals surface area (Å²) in [7, 11) is 0. The van der Waals surface area contributed by atoms with E-state index in [9.17, 15) is 9.59 Å². The van der Waals surface area contributed by atoms with Crippen LogP contribution in [0.1, 0.15) is 0 Å². The first-order valence-corrected chi connectivity index (χ1v) is 7.55. The van der Waals surface area contributed by atoms with Crippen LogP contribution in [0.4, 0.5) is 5.69 Å². The minimum absolute atomic E-state index is 0.0691. The number of nitrogens with one attached hydrogen (secondary N) is 1. The van der Waals surface area contributed by atoms with Gasteiger partial charge in [0, 0.05) is 5.69 Å². The number of aliphatic carboxylic acids is 1. The smallest absolute Gasteiger partial charge is 0.313 e. The molecule has 2 aromatic rings. The lowest BCUT2D eigenvalue weighted by atomic mass is 10.1. The standard InChI is InChI=1S/C16H15NO3S/c18-15(10-21-11-16(19)20)17-14-8-6-13(7-9-14)12-4-2-1-3-5-12/h1-9H,10-11H2,(H,17,18)(H,19,20). The van der Waals surface area contributed by atoms with Gasteiger partial charge in [-0.3, -0.25) is 9.59 Å². The minimum Gasteiger partial charge on any atom is -0.481 e. The molecular formula is C16H15NO3S. The third kappa shape index (κ3) is 4.96. The minimum atomic E-state index is -0.917. The number of carboxylic acids is 1. The molecule has 2 rings (SSSR count). The fraction of sp³-hybridized carbons (Fsp3) is 0.125. The number of thioether (sulfide) groups is 1. The first-order valence-electron chi connectivity index (χ1n) is 6.40. The van der Waals surface area contributed by atoms with Gasteiger partial charge in [0.1, 0.15) is 0 Å². The van der Waals surface area contributed by atoms with Gasteiger partial charge in [-0.25, -0.2) is 0 Å². The zero-order chi connectivity index (χ0) is 15.1. The van der Waals surface area contributed by atoms with Crippen LogP contribution in [0.15, 0.2) is 54.6 Å². The van der Waals surface area contributed by atoms with Crippen molar-refractivity contribution < 1.29 is 14.7 Å². The number of carboxylic acid groups (broad SMARTS) is 1. The summed E-state index contributed by atoms with van der Waals surface area (Å²) in [5, 5.41) is 11.2. The van der Waals surface area contributed by atoms with E-state index in [1.165, 1.54) is 0 Å². The maximum Gasteiger partial charge on any atom is 0.313 e. The second kappa shape index (κ2) is 7.50. The van der Waals surface area contributed by atoms with Crippen molar-refractivity contribution in [3.8, 4) is 11.1 Å². The Bertz CT molecular complexity index is 611. The molecule has 21 heavy (non-hydrogen) atoms. The van der Waals surface area contributed by atoms with Gasteiger partial charge < -0.3 is 10.4 Å². The molecule has 0 radical (unpaired) electrons. The highest BCUT2D eigenvalue weighted by molar-refractivity contribution is 8.00. The van der Waals surface area contributed by atoms with Gasteiger partial charge in [0.05, 0.1) is 11.5 Å². The largest absolute Gasteiger partial charge is 0.481 e. The lowest BCUT2D eigenvalue weighted by Crippen LogP contribution is -2.15. The van der Waals surface area contributed by atoms with Gasteiger partial charge in [0.2, 0.25) is 5.91 Å². The Morgan fingerprint density at radius 1 is 0.905 bits per heavy atom. The maximum absolute atomic E-state index is 11.6. The van der Waals surface area contributed by atoms with Crippen molar-refractivity contribution in [1.82, 2.24) is 0 Å². The van der Waals surface area contributed by atoms with E-state index < -0.39 is 5.97 Å². The second-order valence-electron chi connectivity index (χ2n) is 4.38. The Morgan fingerprint density at radius 2 is 1.52 bits per heavy atom. The normalized spacial score (nSPS) is 10.1. The number of hydrogen-bond donors (Lipinski definition) is 2. The van der Waals surface area contributed by atoms with Gasteiger partial charge in [-0.2, -0.15) is 0 Å². The van der Waals surface area contributed by atoms with Gasteiger partial charge >= 0.3 is 5.97 Å². The molecule has 5 heteroatoms. The van der Waals surface area contributed by atoms with E-state index >= 15 is 0 Å². The SMILES string of the molecule is O=C(O)CSCC(=O)Nc1ccc(-c2ccccc2)cc1. The molecule has 0 aliphatic carbocycles. The summed E-state index contributed by atoms with van der Waals surface area (Å²) in [6.07, 6.45) is 0. The topological polar surface area (TPSA) is 66.4 Å². The van der Waals surface area contributed by atoms with E-state index in [1.54, 1.807) is 0 Å². The van der Waals surface area contributed by atoms with E-state index in [2.05, 4.69) is 5.32 Å². The lowest BCUT2D eigenvalue weighted by Gasteiger charge is -2.06. The molecular weight excluding hydrogens is 286 g/mol. The van der Waals surface area contributed by atoms with E-state index in [4.69, 9.17) is 5.11 Å². The number of amides is 1. The van der Waals surface area contributed by atoms with Crippen LogP contribution < -0.4 is 5.32 Å². The Kier molecular flexibility index (Phi) is 5.40. The Hall–Kier alpha value is -2.27. The summed E-state index contributed by atoms with van der Waals surface area (Å²) in [6.45, 7) is 0. The summed E-state index contributed by atoms with van der Waals surface area (Å²) in [6, 6.07) is 17.5. The van der Waals surface area contributed by atoms with Crippen molar-refractivity contribution in [3.05, 3.63) is 54.6 Å². The summed E-state index contributed by atoms with van der Waals surface area (Å²) in [4.78, 5) is 22.0. The van der Waals surface area contributed by atoms with Crippen LogP contribution in [0, 0.1) is 0 Å². The molecule has 0 fully saturated rings. The third-order valence-electron chi connectivity index (χ3n) is 2.73. The Morgan fingerprint density at radius 3 is 2.14 bits per heavy atom. The first-order chi connectivity index (χ1) is 10.1. The van der Waals surface area contributed by atoms with Crippen molar-refractivity contribution in [2.24, 2.45) is 0 Å². The van der Waals surface area contributed by atoms with Crippen LogP contribution in [-0.4, -0.2) is 28.5 Å². The molecule has 2 N–H and O–H groups in total. The average molecular weight is 301 g/mol. The molecule has 0 aromatic heterocycles. The molecule has 108 valence electrons. The zero-order valence-corrected chi connectivity index (χ0v) is 12.1. The molecule has 0 saturated heterocycles. The first kappa shape index (κ1) is 15.1. The Balaban J connectivity index is 1.91. The number of carbonyl (C=O) groups excluding carboxylic acids is 1. The van der Waals surface area contributed by atoms with Gasteiger partial charge in [-0.05, 0) is 23.3 Å². The number of benzene rings is 2. The van der Waals surface area contributed by atoms with Gasteiger partial charge in [-0.1, -0.05) is 42.5 Å². The summed E-state index contributed by atoms with van der Waals surface area (Å²) in [5.41, 5.74) is 2.90. The number of hydrogen-bond acceptors (Lipinski definition) is 3. The maximum atomic E-state index is 11.6. The van der Waals surface area contributed by atoms with Crippen molar-refractivity contribution in [2.75, 3.05) is 16.8 Å². The van der Waals surface area contributed by atoms with Crippen LogP contribution in [0.25, 0.3) is 11.1 Å². The van der Waals surface area contributed by atoms with E-state index in [0.717, 1.165) is 22.9 Å². The Labute approximate surface area is 127 Å². The number of carbonyl (C=O) groups is 2. The molecule has 2 aromatic carbocycles. The van der Waals surface area contributed by atoms with Gasteiger partial charge in [0.15, 0.2) is 0 Å². The summed E-state index contributed by atoms with van der Waals surface area (Å²) >= 11 is 1.08. The monoisotopic (exact) mass is 301 g/mol. The highest BCUT2D eigenvalue weighted by Gasteiger charge is 2.05. The third-order valence-corrected chi connectivity index (χ3v) is 3.65. The van der Waals surface area contributed by atoms with Crippen LogP contribution in [0.5, 0.6) is 0 Å². The quantitative estimate of drug-likeness (QED) is 0.860. The molecule has 0 atom stereocenters. The van der Waals surface area contributed by atoms with E-state index in [-0.39, 0.29) is 17.4 Å². The molecule has 4 nitrogen and oxygen atoms in total. The average Bonchev–Trinajstić information content (AvgIpc) is 2.48. The molecule has 0 aliphatic rings. The van der Waals surface area contributed by atoms with Gasteiger partial charge in [0.25, 0.3) is 0 Å². The predicted octanol–water partition coefficient (Wildman–Crippen LogP) is 3.11. The second-order valence-corrected chi connectivity index (χ2v) is 5.36. The fourth-order valence-electron chi connectivity index (χ4n) is 1.80. The molecule has 0 aliphatic heterocycles. The highest BCUT2D eigenvalue weighted by atomic mass is 32.2. The van der Waals surface area contributed by atoms with Crippen molar-refractivity contribution >= 4 is 29.3 Å². The summed E-state index contributed by atoms with van der Waals surface area (Å²) in [5.74, 6) is -1.05. The molecule has 0 spiro atoms. The van der Waals surface area contributed by atoms with Gasteiger partial charge in [-0.15, -0.1) is 11.8 Å². The van der Waals surface area contributed by atoms with Crippen LogP contribution in [0.3, 0.4) is 0 Å². The van der Waals surface area contributed by atoms with E-state index in [1.807, 2.05) is 54.6 Å². The predicted molar refractivity (Wildman–Crippen MR) is 85.5 cm³/mol. The number of rotatable bonds is 6. The molecule has 0 heterocycles. The van der Waals surface area contributed by atoms with Crippen molar-refractivity contribution in [1.29, 1.82) is 0 Å². The molecule has 1 amide bonds. The summed E-state index contributed by atoms with van der Waals surface area (Å²) < 4.78 is 0. The molecule has 0 saturated carbocycles. The number of anilines is 1. The zero-order valence-electron chi connectivity index (χ0n) is 11.3. The highest BCUT2D eigenvalue weighted by Crippen LogP contribution is 2.21.